The van der Waals surface area contributed by atoms with Crippen molar-refractivity contribution in [1.82, 2.24) is 0 Å². The van der Waals surface area contributed by atoms with Gasteiger partial charge in [0.25, 0.3) is 0 Å². The normalized spacial score (nSPS) is 15.7. The summed E-state index contributed by atoms with van der Waals surface area (Å²) in [7, 11) is 0. The van der Waals surface area contributed by atoms with E-state index in [-0.39, 0.29) is 11.2 Å². The minimum absolute atomic E-state index is 0.138. The summed E-state index contributed by atoms with van der Waals surface area (Å²) in [4.78, 5) is 0. The molecule has 0 aromatic rings. The molecule has 0 heterocycles. The van der Waals surface area contributed by atoms with Crippen LogP contribution in [-0.4, -0.2) is 37.5 Å². The van der Waals surface area contributed by atoms with Crippen molar-refractivity contribution in [3.8, 4) is 0 Å². The molecule has 0 radical (unpaired) electrons. The highest BCUT2D eigenvalue weighted by molar-refractivity contribution is 4.84. The Balaban J connectivity index is 4.20. The van der Waals surface area contributed by atoms with Gasteiger partial charge in [-0.15, -0.1) is 0 Å². The first-order valence-electron chi connectivity index (χ1n) is 7.07. The Bertz CT molecular complexity index is 210. The Labute approximate surface area is 112 Å². The zero-order valence-corrected chi connectivity index (χ0v) is 12.6. The minimum atomic E-state index is -0.178. The lowest BCUT2D eigenvalue weighted by Crippen LogP contribution is -2.40. The van der Waals surface area contributed by atoms with Crippen LogP contribution in [0.1, 0.15) is 53.4 Å². The second-order valence-corrected chi connectivity index (χ2v) is 5.72. The maximum atomic E-state index is 5.98. The molecule has 0 bridgehead atoms. The summed E-state index contributed by atoms with van der Waals surface area (Å²) in [5.41, 5.74) is 10.7. The van der Waals surface area contributed by atoms with Crippen molar-refractivity contribution in [3.05, 3.63) is 0 Å². The van der Waals surface area contributed by atoms with Crippen LogP contribution in [0.2, 0.25) is 0 Å². The minimum Gasteiger partial charge on any atom is -0.375 e. The second kappa shape index (κ2) is 8.86. The SMILES string of the molecule is CCC(C)(CC(C)(C)OCCCN)OCCCN. The Kier molecular flexibility index (Phi) is 8.78. The molecule has 0 saturated heterocycles. The van der Waals surface area contributed by atoms with Crippen LogP contribution in [0, 0.1) is 0 Å². The number of nitrogens with two attached hydrogens (primary N) is 2. The molecule has 1 atom stereocenters. The Morgan fingerprint density at radius 3 is 1.83 bits per heavy atom. The average Bonchev–Trinajstić information content (AvgIpc) is 2.29. The standard InChI is InChI=1S/C14H32N2O2/c1-5-14(4,18-11-7-9-16)12-13(2,3)17-10-6-8-15/h5-12,15-16H2,1-4H3. The van der Waals surface area contributed by atoms with Crippen molar-refractivity contribution in [2.24, 2.45) is 11.5 Å². The van der Waals surface area contributed by atoms with Gasteiger partial charge >= 0.3 is 0 Å². The third-order valence-corrected chi connectivity index (χ3v) is 3.19. The molecule has 0 spiro atoms. The number of hydrogen-bond donors (Lipinski definition) is 2. The predicted octanol–water partition coefficient (Wildman–Crippen LogP) is 2.05. The van der Waals surface area contributed by atoms with Crippen molar-refractivity contribution in [1.29, 1.82) is 0 Å². The van der Waals surface area contributed by atoms with Crippen molar-refractivity contribution in [3.63, 3.8) is 0 Å². The number of ether oxygens (including phenoxy) is 2. The smallest absolute Gasteiger partial charge is 0.0679 e. The zero-order valence-electron chi connectivity index (χ0n) is 12.6. The van der Waals surface area contributed by atoms with Crippen molar-refractivity contribution in [2.75, 3.05) is 26.3 Å². The van der Waals surface area contributed by atoms with E-state index in [9.17, 15) is 0 Å². The van der Waals surface area contributed by atoms with Crippen LogP contribution < -0.4 is 11.5 Å². The quantitative estimate of drug-likeness (QED) is 0.558. The van der Waals surface area contributed by atoms with Gasteiger partial charge in [0, 0.05) is 19.6 Å². The molecule has 4 nitrogen and oxygen atoms in total. The van der Waals surface area contributed by atoms with Crippen LogP contribution in [0.3, 0.4) is 0 Å². The van der Waals surface area contributed by atoms with Gasteiger partial charge in [0.1, 0.15) is 0 Å². The highest BCUT2D eigenvalue weighted by Crippen LogP contribution is 2.29. The van der Waals surface area contributed by atoms with Gasteiger partial charge in [-0.05, 0) is 53.1 Å². The van der Waals surface area contributed by atoms with Crippen molar-refractivity contribution < 1.29 is 9.47 Å². The highest BCUT2D eigenvalue weighted by atomic mass is 16.5. The molecule has 0 aliphatic heterocycles. The van der Waals surface area contributed by atoms with E-state index >= 15 is 0 Å². The van der Waals surface area contributed by atoms with Crippen LogP contribution in [0.4, 0.5) is 0 Å². The first kappa shape index (κ1) is 17.8. The van der Waals surface area contributed by atoms with Gasteiger partial charge in [-0.1, -0.05) is 6.92 Å². The number of rotatable bonds is 11. The first-order valence-corrected chi connectivity index (χ1v) is 7.07. The van der Waals surface area contributed by atoms with E-state index in [1.807, 2.05) is 0 Å². The van der Waals surface area contributed by atoms with Crippen LogP contribution >= 0.6 is 0 Å². The molecule has 0 aromatic heterocycles. The molecule has 0 rings (SSSR count). The lowest BCUT2D eigenvalue weighted by Gasteiger charge is -2.37. The average molecular weight is 260 g/mol. The summed E-state index contributed by atoms with van der Waals surface area (Å²) in [6.07, 6.45) is 3.66. The molecular formula is C14H32N2O2. The Morgan fingerprint density at radius 1 is 0.889 bits per heavy atom. The third kappa shape index (κ3) is 8.03. The summed E-state index contributed by atoms with van der Waals surface area (Å²) in [5, 5.41) is 0. The highest BCUT2D eigenvalue weighted by Gasteiger charge is 2.32. The fourth-order valence-electron chi connectivity index (χ4n) is 2.06. The topological polar surface area (TPSA) is 70.5 Å². The van der Waals surface area contributed by atoms with E-state index in [1.165, 1.54) is 0 Å². The third-order valence-electron chi connectivity index (χ3n) is 3.19. The Hall–Kier alpha value is -0.160. The largest absolute Gasteiger partial charge is 0.375 e. The molecule has 0 amide bonds. The van der Waals surface area contributed by atoms with Crippen LogP contribution in [0.5, 0.6) is 0 Å². The second-order valence-electron chi connectivity index (χ2n) is 5.72. The molecule has 110 valence electrons. The van der Waals surface area contributed by atoms with Crippen LogP contribution in [0.15, 0.2) is 0 Å². The predicted molar refractivity (Wildman–Crippen MR) is 76.6 cm³/mol. The molecule has 0 saturated carbocycles. The fourth-order valence-corrected chi connectivity index (χ4v) is 2.06. The lowest BCUT2D eigenvalue weighted by molar-refractivity contribution is -0.110. The summed E-state index contributed by atoms with van der Waals surface area (Å²) < 4.78 is 11.9. The molecule has 4 N–H and O–H groups in total. The summed E-state index contributed by atoms with van der Waals surface area (Å²) >= 11 is 0. The van der Waals surface area contributed by atoms with Gasteiger partial charge in [0.15, 0.2) is 0 Å². The van der Waals surface area contributed by atoms with Gasteiger partial charge in [0.2, 0.25) is 0 Å². The molecule has 0 aliphatic rings. The Morgan fingerprint density at radius 2 is 1.39 bits per heavy atom. The van der Waals surface area contributed by atoms with Gasteiger partial charge in [-0.3, -0.25) is 0 Å². The molecule has 0 fully saturated rings. The van der Waals surface area contributed by atoms with Crippen LogP contribution in [0.25, 0.3) is 0 Å². The van der Waals surface area contributed by atoms with Crippen molar-refractivity contribution in [2.45, 2.75) is 64.6 Å². The van der Waals surface area contributed by atoms with E-state index in [4.69, 9.17) is 20.9 Å². The first-order chi connectivity index (χ1) is 8.39. The molecular weight excluding hydrogens is 228 g/mol. The lowest BCUT2D eigenvalue weighted by atomic mass is 9.88. The summed E-state index contributed by atoms with van der Waals surface area (Å²) in [6, 6.07) is 0. The van der Waals surface area contributed by atoms with E-state index in [0.717, 1.165) is 32.3 Å². The van der Waals surface area contributed by atoms with E-state index < -0.39 is 0 Å². The maximum absolute atomic E-state index is 5.98. The summed E-state index contributed by atoms with van der Waals surface area (Å²) in [6.45, 7) is 11.3. The van der Waals surface area contributed by atoms with E-state index in [2.05, 4.69) is 27.7 Å². The maximum Gasteiger partial charge on any atom is 0.0679 e. The fraction of sp³-hybridized carbons (Fsp3) is 1.00. The van der Waals surface area contributed by atoms with Gasteiger partial charge in [-0.25, -0.2) is 0 Å². The van der Waals surface area contributed by atoms with Gasteiger partial charge in [0.05, 0.1) is 11.2 Å². The zero-order chi connectivity index (χ0) is 14.1. The van der Waals surface area contributed by atoms with Gasteiger partial charge < -0.3 is 20.9 Å². The van der Waals surface area contributed by atoms with Crippen LogP contribution in [-0.2, 0) is 9.47 Å². The summed E-state index contributed by atoms with van der Waals surface area (Å²) in [5.74, 6) is 0. The molecule has 0 aliphatic carbocycles. The van der Waals surface area contributed by atoms with E-state index in [1.54, 1.807) is 0 Å². The monoisotopic (exact) mass is 260 g/mol. The molecule has 4 heteroatoms. The van der Waals surface area contributed by atoms with Crippen molar-refractivity contribution >= 4 is 0 Å². The molecule has 0 aromatic carbocycles. The van der Waals surface area contributed by atoms with Gasteiger partial charge in [-0.2, -0.15) is 0 Å². The molecule has 18 heavy (non-hydrogen) atoms. The molecule has 1 unspecified atom stereocenters. The van der Waals surface area contributed by atoms with E-state index in [0.29, 0.717) is 19.7 Å². The number of hydrogen-bond acceptors (Lipinski definition) is 4.